The molecule has 0 aliphatic carbocycles. The Balaban J connectivity index is 1.83. The molecule has 1 heterocycles. The molecule has 1 fully saturated rings. The van der Waals surface area contributed by atoms with E-state index in [-0.39, 0.29) is 24.3 Å². The maximum absolute atomic E-state index is 12.8. The molecule has 5 heteroatoms. The lowest BCUT2D eigenvalue weighted by atomic mass is 9.93. The van der Waals surface area contributed by atoms with Crippen LogP contribution in [0.3, 0.4) is 0 Å². The molecule has 1 aliphatic heterocycles. The summed E-state index contributed by atoms with van der Waals surface area (Å²) < 4.78 is 5.17. The summed E-state index contributed by atoms with van der Waals surface area (Å²) in [6.07, 6.45) is 0.214. The molecule has 0 saturated carbocycles. The maximum Gasteiger partial charge on any atom is 0.230 e. The van der Waals surface area contributed by atoms with E-state index in [9.17, 15) is 9.59 Å². The third kappa shape index (κ3) is 3.11. The van der Waals surface area contributed by atoms with Gasteiger partial charge in [-0.15, -0.1) is 0 Å². The minimum absolute atomic E-state index is 0.0188. The molecule has 24 heavy (non-hydrogen) atoms. The van der Waals surface area contributed by atoms with Gasteiger partial charge in [-0.3, -0.25) is 9.59 Å². The number of nitrogens with zero attached hydrogens (tertiary/aromatic N) is 1. The first-order chi connectivity index (χ1) is 11.6. The van der Waals surface area contributed by atoms with Crippen LogP contribution in [0.1, 0.15) is 18.0 Å². The van der Waals surface area contributed by atoms with E-state index in [0.29, 0.717) is 11.4 Å². The smallest absolute Gasteiger partial charge is 0.230 e. The molecule has 0 spiro atoms. The van der Waals surface area contributed by atoms with Crippen LogP contribution in [-0.2, 0) is 9.59 Å². The van der Waals surface area contributed by atoms with E-state index in [1.165, 1.54) is 0 Å². The van der Waals surface area contributed by atoms with Crippen LogP contribution in [0.4, 0.5) is 5.69 Å². The topological polar surface area (TPSA) is 58.6 Å². The minimum Gasteiger partial charge on any atom is -0.497 e. The quantitative estimate of drug-likeness (QED) is 0.941. The second-order valence-corrected chi connectivity index (χ2v) is 5.89. The summed E-state index contributed by atoms with van der Waals surface area (Å²) in [5, 5.41) is 2.90. The molecule has 0 aromatic heterocycles. The fraction of sp³-hybridized carbons (Fsp3) is 0.263. The largest absolute Gasteiger partial charge is 0.497 e. The van der Waals surface area contributed by atoms with Crippen LogP contribution in [-0.4, -0.2) is 30.9 Å². The molecule has 2 aromatic rings. The molecule has 2 amide bonds. The number of rotatable bonds is 4. The number of hydrogen-bond donors (Lipinski definition) is 1. The highest BCUT2D eigenvalue weighted by atomic mass is 16.5. The number of likely N-dealkylation sites (tertiary alicyclic amines) is 1. The molecule has 1 aliphatic rings. The van der Waals surface area contributed by atoms with Gasteiger partial charge in [0.1, 0.15) is 5.75 Å². The molecule has 0 bridgehead atoms. The normalized spacial score (nSPS) is 20.1. The van der Waals surface area contributed by atoms with Crippen molar-refractivity contribution in [1.82, 2.24) is 4.90 Å². The number of carbonyl (C=O) groups excluding carboxylic acids is 2. The van der Waals surface area contributed by atoms with Crippen molar-refractivity contribution in [3.05, 3.63) is 60.2 Å². The van der Waals surface area contributed by atoms with Crippen LogP contribution >= 0.6 is 0 Å². The molecular formula is C19H20N2O3. The number of nitrogens with one attached hydrogen (secondary N) is 1. The number of anilines is 1. The van der Waals surface area contributed by atoms with Crippen molar-refractivity contribution in [2.75, 3.05) is 19.5 Å². The molecule has 2 unspecified atom stereocenters. The number of amides is 2. The van der Waals surface area contributed by atoms with Gasteiger partial charge in [0.15, 0.2) is 0 Å². The van der Waals surface area contributed by atoms with Crippen molar-refractivity contribution in [3.8, 4) is 5.75 Å². The van der Waals surface area contributed by atoms with Gasteiger partial charge in [-0.05, 0) is 17.7 Å². The third-order valence-corrected chi connectivity index (χ3v) is 4.40. The molecule has 1 saturated heterocycles. The van der Waals surface area contributed by atoms with E-state index < -0.39 is 5.92 Å². The third-order valence-electron chi connectivity index (χ3n) is 4.40. The summed E-state index contributed by atoms with van der Waals surface area (Å²) in [4.78, 5) is 26.6. The predicted molar refractivity (Wildman–Crippen MR) is 91.7 cm³/mol. The number of methoxy groups -OCH3 is 1. The average Bonchev–Trinajstić information content (AvgIpc) is 2.91. The Hall–Kier alpha value is -2.82. The lowest BCUT2D eigenvalue weighted by Crippen LogP contribution is -2.30. The highest BCUT2D eigenvalue weighted by molar-refractivity contribution is 5.98. The van der Waals surface area contributed by atoms with Gasteiger partial charge in [0, 0.05) is 25.2 Å². The first-order valence-corrected chi connectivity index (χ1v) is 7.85. The fourth-order valence-electron chi connectivity index (χ4n) is 3.15. The average molecular weight is 324 g/mol. The van der Waals surface area contributed by atoms with Crippen LogP contribution in [0.2, 0.25) is 0 Å². The molecule has 3 rings (SSSR count). The van der Waals surface area contributed by atoms with Crippen LogP contribution in [0.25, 0.3) is 0 Å². The highest BCUT2D eigenvalue weighted by Gasteiger charge is 2.42. The summed E-state index contributed by atoms with van der Waals surface area (Å²) in [5.74, 6) is 0.0765. The second kappa shape index (κ2) is 6.74. The van der Waals surface area contributed by atoms with E-state index in [1.54, 1.807) is 31.2 Å². The van der Waals surface area contributed by atoms with Crippen molar-refractivity contribution in [2.45, 2.75) is 12.5 Å². The number of benzene rings is 2. The van der Waals surface area contributed by atoms with Gasteiger partial charge in [-0.2, -0.15) is 0 Å². The zero-order valence-corrected chi connectivity index (χ0v) is 13.7. The molecule has 5 nitrogen and oxygen atoms in total. The Labute approximate surface area is 141 Å². The first-order valence-electron chi connectivity index (χ1n) is 7.85. The SMILES string of the molecule is COc1cccc(NC(=O)C2CC(=O)N(C)C2c2ccccc2)c1. The lowest BCUT2D eigenvalue weighted by molar-refractivity contribution is -0.127. The summed E-state index contributed by atoms with van der Waals surface area (Å²) >= 11 is 0. The Morgan fingerprint density at radius 3 is 2.62 bits per heavy atom. The molecular weight excluding hydrogens is 304 g/mol. The number of carbonyl (C=O) groups is 2. The van der Waals surface area contributed by atoms with E-state index in [1.807, 2.05) is 42.5 Å². The Bertz CT molecular complexity index is 745. The van der Waals surface area contributed by atoms with Crippen molar-refractivity contribution in [1.29, 1.82) is 0 Å². The molecule has 2 atom stereocenters. The summed E-state index contributed by atoms with van der Waals surface area (Å²) in [7, 11) is 3.33. The maximum atomic E-state index is 12.8. The van der Waals surface area contributed by atoms with Gasteiger partial charge in [-0.1, -0.05) is 36.4 Å². The van der Waals surface area contributed by atoms with Crippen molar-refractivity contribution in [3.63, 3.8) is 0 Å². The molecule has 1 N–H and O–H groups in total. The van der Waals surface area contributed by atoms with Gasteiger partial charge >= 0.3 is 0 Å². The fourth-order valence-corrected chi connectivity index (χ4v) is 3.15. The Morgan fingerprint density at radius 1 is 1.17 bits per heavy atom. The summed E-state index contributed by atoms with van der Waals surface area (Å²) in [6.45, 7) is 0. The minimum atomic E-state index is -0.420. The Kier molecular flexibility index (Phi) is 4.51. The molecule has 2 aromatic carbocycles. The molecule has 124 valence electrons. The van der Waals surface area contributed by atoms with E-state index in [2.05, 4.69) is 5.32 Å². The van der Waals surface area contributed by atoms with Gasteiger partial charge in [0.2, 0.25) is 11.8 Å². The summed E-state index contributed by atoms with van der Waals surface area (Å²) in [6, 6.07) is 16.6. The van der Waals surface area contributed by atoms with Crippen molar-refractivity contribution in [2.24, 2.45) is 5.92 Å². The first kappa shape index (κ1) is 16.1. The second-order valence-electron chi connectivity index (χ2n) is 5.89. The number of hydrogen-bond acceptors (Lipinski definition) is 3. The molecule has 0 radical (unpaired) electrons. The van der Waals surface area contributed by atoms with Crippen molar-refractivity contribution >= 4 is 17.5 Å². The van der Waals surface area contributed by atoms with E-state index >= 15 is 0 Å². The standard InChI is InChI=1S/C19H20N2O3/c1-21-17(22)12-16(18(21)13-7-4-3-5-8-13)19(23)20-14-9-6-10-15(11-14)24-2/h3-11,16,18H,12H2,1-2H3,(H,20,23). The van der Waals surface area contributed by atoms with Gasteiger partial charge in [-0.25, -0.2) is 0 Å². The van der Waals surface area contributed by atoms with E-state index in [4.69, 9.17) is 4.74 Å². The van der Waals surface area contributed by atoms with Crippen molar-refractivity contribution < 1.29 is 14.3 Å². The van der Waals surface area contributed by atoms with Crippen LogP contribution < -0.4 is 10.1 Å². The van der Waals surface area contributed by atoms with Gasteiger partial charge in [0.05, 0.1) is 19.1 Å². The number of ether oxygens (including phenoxy) is 1. The predicted octanol–water partition coefficient (Wildman–Crippen LogP) is 2.85. The lowest BCUT2D eigenvalue weighted by Gasteiger charge is -2.25. The van der Waals surface area contributed by atoms with Gasteiger partial charge < -0.3 is 15.0 Å². The van der Waals surface area contributed by atoms with E-state index in [0.717, 1.165) is 5.56 Å². The van der Waals surface area contributed by atoms with Crippen LogP contribution in [0, 0.1) is 5.92 Å². The zero-order chi connectivity index (χ0) is 17.1. The highest BCUT2D eigenvalue weighted by Crippen LogP contribution is 2.37. The van der Waals surface area contributed by atoms with Gasteiger partial charge in [0.25, 0.3) is 0 Å². The monoisotopic (exact) mass is 324 g/mol. The van der Waals surface area contributed by atoms with Crippen LogP contribution in [0.15, 0.2) is 54.6 Å². The van der Waals surface area contributed by atoms with Crippen LogP contribution in [0.5, 0.6) is 5.75 Å². The summed E-state index contributed by atoms with van der Waals surface area (Å²) in [5.41, 5.74) is 1.63. The Morgan fingerprint density at radius 2 is 1.92 bits per heavy atom. The zero-order valence-electron chi connectivity index (χ0n) is 13.7.